The van der Waals surface area contributed by atoms with E-state index in [1.165, 1.54) is 19.3 Å². The molecule has 132 valence electrons. The third-order valence-corrected chi connectivity index (χ3v) is 9.40. The van der Waals surface area contributed by atoms with Gasteiger partial charge in [0.15, 0.2) is 0 Å². The van der Waals surface area contributed by atoms with E-state index in [9.17, 15) is 9.59 Å². The largest absolute Gasteiger partial charge is 0.365 e. The van der Waals surface area contributed by atoms with Crippen molar-refractivity contribution in [3.05, 3.63) is 0 Å². The minimum absolute atomic E-state index is 0.115. The summed E-state index contributed by atoms with van der Waals surface area (Å²) in [7, 11) is 0. The first-order chi connectivity index (χ1) is 11.3. The summed E-state index contributed by atoms with van der Waals surface area (Å²) >= 11 is 0. The molecule has 0 amide bonds. The molecule has 5 rings (SSSR count). The van der Waals surface area contributed by atoms with Crippen molar-refractivity contribution in [1.82, 2.24) is 0 Å². The molecule has 1 spiro atoms. The Morgan fingerprint density at radius 2 is 1.92 bits per heavy atom. The molecular formula is C21H30O3. The minimum atomic E-state index is -0.115. The molecule has 1 aliphatic heterocycles. The quantitative estimate of drug-likeness (QED) is 0.684. The molecule has 0 bridgehead atoms. The molecule has 0 N–H and O–H groups in total. The van der Waals surface area contributed by atoms with Crippen LogP contribution in [0.5, 0.6) is 0 Å². The molecule has 1 heterocycles. The van der Waals surface area contributed by atoms with Crippen LogP contribution in [0.1, 0.15) is 72.1 Å². The summed E-state index contributed by atoms with van der Waals surface area (Å²) in [5.41, 5.74) is 0.280. The molecule has 0 aromatic carbocycles. The fourth-order valence-electron chi connectivity index (χ4n) is 8.13. The Kier molecular flexibility index (Phi) is 2.93. The number of carbonyl (C=O) groups excluding carboxylic acids is 2. The molecule has 4 aliphatic carbocycles. The van der Waals surface area contributed by atoms with Crippen LogP contribution in [0, 0.1) is 34.5 Å². The maximum absolute atomic E-state index is 12.2. The number of epoxide rings is 1. The minimum Gasteiger partial charge on any atom is -0.365 e. The van der Waals surface area contributed by atoms with Crippen LogP contribution >= 0.6 is 0 Å². The SMILES string of the molecule is CC(=O)C1CC[C@H]2[C@@H]3C[C@@H]4O[C@@]45CC(=O)CC[C@]5(C)[C@H]3CC[C@]12C. The average Bonchev–Trinajstić information content (AvgIpc) is 3.08. The molecule has 1 saturated heterocycles. The fraction of sp³-hybridized carbons (Fsp3) is 0.905. The number of fused-ring (bicyclic) bond motifs is 4. The van der Waals surface area contributed by atoms with Gasteiger partial charge in [0.2, 0.25) is 0 Å². The Bertz CT molecular complexity index is 627. The molecule has 0 aromatic rings. The highest BCUT2D eigenvalue weighted by Crippen LogP contribution is 2.73. The lowest BCUT2D eigenvalue weighted by Gasteiger charge is -2.58. The Balaban J connectivity index is 1.50. The third kappa shape index (κ3) is 1.63. The van der Waals surface area contributed by atoms with Gasteiger partial charge in [-0.05, 0) is 68.6 Å². The molecule has 0 radical (unpaired) electrons. The molecule has 4 saturated carbocycles. The van der Waals surface area contributed by atoms with E-state index in [2.05, 4.69) is 13.8 Å². The van der Waals surface area contributed by atoms with Crippen LogP contribution in [0.2, 0.25) is 0 Å². The number of ether oxygens (including phenoxy) is 1. The highest BCUT2D eigenvalue weighted by atomic mass is 16.6. The van der Waals surface area contributed by atoms with Crippen molar-refractivity contribution < 1.29 is 14.3 Å². The van der Waals surface area contributed by atoms with E-state index in [1.807, 2.05) is 0 Å². The first kappa shape index (κ1) is 15.5. The van der Waals surface area contributed by atoms with E-state index in [0.717, 1.165) is 25.7 Å². The van der Waals surface area contributed by atoms with Gasteiger partial charge in [-0.15, -0.1) is 0 Å². The lowest BCUT2D eigenvalue weighted by atomic mass is 9.44. The van der Waals surface area contributed by atoms with Crippen LogP contribution in [0.25, 0.3) is 0 Å². The van der Waals surface area contributed by atoms with Crippen molar-refractivity contribution in [3.8, 4) is 0 Å². The van der Waals surface area contributed by atoms with Gasteiger partial charge in [-0.3, -0.25) is 9.59 Å². The predicted molar refractivity (Wildman–Crippen MR) is 90.4 cm³/mol. The van der Waals surface area contributed by atoms with Crippen molar-refractivity contribution in [2.75, 3.05) is 0 Å². The molecule has 3 nitrogen and oxygen atoms in total. The van der Waals surface area contributed by atoms with Gasteiger partial charge in [-0.2, -0.15) is 0 Å². The van der Waals surface area contributed by atoms with Gasteiger partial charge in [-0.25, -0.2) is 0 Å². The smallest absolute Gasteiger partial charge is 0.135 e. The zero-order chi connectivity index (χ0) is 16.9. The summed E-state index contributed by atoms with van der Waals surface area (Å²) in [6, 6.07) is 0. The molecule has 5 fully saturated rings. The van der Waals surface area contributed by atoms with E-state index in [4.69, 9.17) is 4.74 Å². The van der Waals surface area contributed by atoms with Gasteiger partial charge in [-0.1, -0.05) is 13.8 Å². The van der Waals surface area contributed by atoms with Crippen LogP contribution in [0.3, 0.4) is 0 Å². The highest BCUT2D eigenvalue weighted by molar-refractivity contribution is 5.82. The second-order valence-electron chi connectivity index (χ2n) is 10.0. The summed E-state index contributed by atoms with van der Waals surface area (Å²) in [6.07, 6.45) is 8.60. The van der Waals surface area contributed by atoms with Crippen LogP contribution in [0.4, 0.5) is 0 Å². The zero-order valence-corrected chi connectivity index (χ0v) is 15.3. The monoisotopic (exact) mass is 330 g/mol. The maximum atomic E-state index is 12.2. The fourth-order valence-corrected chi connectivity index (χ4v) is 8.13. The summed E-state index contributed by atoms with van der Waals surface area (Å²) in [6.45, 7) is 6.62. The van der Waals surface area contributed by atoms with E-state index < -0.39 is 0 Å². The Labute approximate surface area is 144 Å². The van der Waals surface area contributed by atoms with E-state index in [0.29, 0.717) is 41.8 Å². The Hall–Kier alpha value is -0.700. The average molecular weight is 330 g/mol. The molecule has 1 unspecified atom stereocenters. The van der Waals surface area contributed by atoms with Gasteiger partial charge in [0, 0.05) is 24.2 Å². The number of hydrogen-bond acceptors (Lipinski definition) is 3. The van der Waals surface area contributed by atoms with Crippen LogP contribution < -0.4 is 0 Å². The van der Waals surface area contributed by atoms with Crippen molar-refractivity contribution in [1.29, 1.82) is 0 Å². The third-order valence-electron chi connectivity index (χ3n) is 9.40. The number of carbonyl (C=O) groups is 2. The van der Waals surface area contributed by atoms with Gasteiger partial charge < -0.3 is 4.74 Å². The zero-order valence-electron chi connectivity index (χ0n) is 15.3. The van der Waals surface area contributed by atoms with E-state index in [1.54, 1.807) is 6.92 Å². The van der Waals surface area contributed by atoms with Crippen molar-refractivity contribution >= 4 is 11.6 Å². The molecule has 5 aliphatic rings. The van der Waals surface area contributed by atoms with Crippen molar-refractivity contribution in [3.63, 3.8) is 0 Å². The van der Waals surface area contributed by atoms with Gasteiger partial charge in [0.1, 0.15) is 17.2 Å². The molecule has 3 heteroatoms. The summed E-state index contributed by atoms with van der Waals surface area (Å²) in [5, 5.41) is 0. The maximum Gasteiger partial charge on any atom is 0.135 e. The number of hydrogen-bond donors (Lipinski definition) is 0. The van der Waals surface area contributed by atoms with Crippen LogP contribution in [-0.4, -0.2) is 23.3 Å². The number of ketones is 2. The second-order valence-corrected chi connectivity index (χ2v) is 10.0. The molecule has 0 aromatic heterocycles. The summed E-state index contributed by atoms with van der Waals surface area (Å²) in [4.78, 5) is 24.3. The molecule has 8 atom stereocenters. The second kappa shape index (κ2) is 4.52. The van der Waals surface area contributed by atoms with Gasteiger partial charge in [0.25, 0.3) is 0 Å². The predicted octanol–water partition coefficient (Wildman–Crippen LogP) is 3.93. The Morgan fingerprint density at radius 3 is 2.67 bits per heavy atom. The normalized spacial score (nSPS) is 58.3. The standard InChI is InChI=1S/C21H30O3/c1-12(22)15-4-5-16-14-10-18-21(24-18)11-13(23)6-9-20(21,3)17(14)7-8-19(15,16)2/h14-18H,4-11H2,1-3H3/t14-,15?,16-,17-,18-,19+,20+,21-/m0/s1. The van der Waals surface area contributed by atoms with Crippen LogP contribution in [-0.2, 0) is 14.3 Å². The first-order valence-corrected chi connectivity index (χ1v) is 10.0. The lowest BCUT2D eigenvalue weighted by molar-refractivity contribution is -0.139. The van der Waals surface area contributed by atoms with Gasteiger partial charge in [0.05, 0.1) is 6.10 Å². The molecular weight excluding hydrogens is 300 g/mol. The number of Topliss-reactive ketones (excluding diaryl/α,β-unsaturated/α-hetero) is 2. The van der Waals surface area contributed by atoms with Crippen molar-refractivity contribution in [2.45, 2.75) is 83.8 Å². The van der Waals surface area contributed by atoms with E-state index >= 15 is 0 Å². The molecule has 24 heavy (non-hydrogen) atoms. The Morgan fingerprint density at radius 1 is 1.12 bits per heavy atom. The van der Waals surface area contributed by atoms with Crippen molar-refractivity contribution in [2.24, 2.45) is 34.5 Å². The topological polar surface area (TPSA) is 46.7 Å². The van der Waals surface area contributed by atoms with Crippen LogP contribution in [0.15, 0.2) is 0 Å². The van der Waals surface area contributed by atoms with Gasteiger partial charge >= 0.3 is 0 Å². The summed E-state index contributed by atoms with van der Waals surface area (Å²) in [5.74, 6) is 3.16. The first-order valence-electron chi connectivity index (χ1n) is 10.0. The highest BCUT2D eigenvalue weighted by Gasteiger charge is 2.76. The summed E-state index contributed by atoms with van der Waals surface area (Å²) < 4.78 is 6.30. The van der Waals surface area contributed by atoms with E-state index in [-0.39, 0.29) is 22.3 Å². The number of rotatable bonds is 1. The lowest BCUT2D eigenvalue weighted by Crippen LogP contribution is -2.58.